The Kier molecular flexibility index (Phi) is 9.38. The number of anilines is 1. The van der Waals surface area contributed by atoms with E-state index in [9.17, 15) is 9.59 Å². The molecule has 27 heavy (non-hydrogen) atoms. The van der Waals surface area contributed by atoms with Gasteiger partial charge in [-0.1, -0.05) is 19.8 Å². The van der Waals surface area contributed by atoms with Gasteiger partial charge in [0.1, 0.15) is 11.5 Å². The molecule has 2 amide bonds. The largest absolute Gasteiger partial charge is 0.497 e. The van der Waals surface area contributed by atoms with Crippen LogP contribution in [0.4, 0.5) is 5.69 Å². The van der Waals surface area contributed by atoms with Crippen LogP contribution in [0.1, 0.15) is 32.6 Å². The van der Waals surface area contributed by atoms with Crippen molar-refractivity contribution < 1.29 is 19.1 Å². The highest BCUT2D eigenvalue weighted by Crippen LogP contribution is 2.35. The lowest BCUT2D eigenvalue weighted by molar-refractivity contribution is -0.126. The molecule has 1 aromatic carbocycles. The molecule has 8 heteroatoms. The first-order chi connectivity index (χ1) is 12.5. The SMILES string of the molecule is CCCCC(CN)NC(=O)C1CC(=O)N(c2ccc(OC)cc2OC)C1.Cl. The number of carbonyl (C=O) groups excluding carboxylic acids is 2. The summed E-state index contributed by atoms with van der Waals surface area (Å²) in [6.07, 6.45) is 3.11. The monoisotopic (exact) mass is 399 g/mol. The number of unbranched alkanes of at least 4 members (excludes halogenated alkanes) is 1. The van der Waals surface area contributed by atoms with Crippen LogP contribution >= 0.6 is 12.4 Å². The molecule has 0 bridgehead atoms. The van der Waals surface area contributed by atoms with Gasteiger partial charge in [0, 0.05) is 31.6 Å². The van der Waals surface area contributed by atoms with Gasteiger partial charge in [-0.15, -0.1) is 12.4 Å². The zero-order chi connectivity index (χ0) is 19.1. The van der Waals surface area contributed by atoms with E-state index in [0.717, 1.165) is 19.3 Å². The van der Waals surface area contributed by atoms with Gasteiger partial charge in [0.15, 0.2) is 0 Å². The van der Waals surface area contributed by atoms with E-state index >= 15 is 0 Å². The van der Waals surface area contributed by atoms with Crippen LogP contribution in [0.25, 0.3) is 0 Å². The summed E-state index contributed by atoms with van der Waals surface area (Å²) in [4.78, 5) is 26.6. The highest BCUT2D eigenvalue weighted by atomic mass is 35.5. The molecule has 1 fully saturated rings. The predicted octanol–water partition coefficient (Wildman–Crippen LogP) is 2.11. The molecule has 152 valence electrons. The lowest BCUT2D eigenvalue weighted by Crippen LogP contribution is -2.43. The van der Waals surface area contributed by atoms with E-state index in [1.807, 2.05) is 0 Å². The summed E-state index contributed by atoms with van der Waals surface area (Å²) in [5.74, 6) is 0.603. The van der Waals surface area contributed by atoms with Crippen LogP contribution < -0.4 is 25.4 Å². The minimum Gasteiger partial charge on any atom is -0.497 e. The number of nitrogens with one attached hydrogen (secondary N) is 1. The second-order valence-corrected chi connectivity index (χ2v) is 6.53. The number of nitrogens with zero attached hydrogens (tertiary/aromatic N) is 1. The Labute approximate surface area is 167 Å². The highest BCUT2D eigenvalue weighted by Gasteiger charge is 2.36. The van der Waals surface area contributed by atoms with Crippen LogP contribution in [0.15, 0.2) is 18.2 Å². The third-order valence-electron chi connectivity index (χ3n) is 4.71. The molecule has 0 radical (unpaired) electrons. The zero-order valence-electron chi connectivity index (χ0n) is 16.2. The van der Waals surface area contributed by atoms with Crippen LogP contribution in [-0.2, 0) is 9.59 Å². The van der Waals surface area contributed by atoms with Crippen molar-refractivity contribution >= 4 is 29.9 Å². The molecule has 0 aromatic heterocycles. The van der Waals surface area contributed by atoms with E-state index in [0.29, 0.717) is 30.3 Å². The maximum atomic E-state index is 12.6. The minimum absolute atomic E-state index is 0. The molecule has 2 rings (SSSR count). The first-order valence-corrected chi connectivity index (χ1v) is 9.06. The minimum atomic E-state index is -0.384. The van der Waals surface area contributed by atoms with Gasteiger partial charge in [-0.3, -0.25) is 9.59 Å². The second-order valence-electron chi connectivity index (χ2n) is 6.53. The van der Waals surface area contributed by atoms with Crippen LogP contribution in [0.3, 0.4) is 0 Å². The van der Waals surface area contributed by atoms with Gasteiger partial charge >= 0.3 is 0 Å². The number of hydrogen-bond acceptors (Lipinski definition) is 5. The van der Waals surface area contributed by atoms with E-state index in [2.05, 4.69) is 12.2 Å². The van der Waals surface area contributed by atoms with Crippen LogP contribution in [0.2, 0.25) is 0 Å². The van der Waals surface area contributed by atoms with Crippen molar-refractivity contribution in [1.29, 1.82) is 0 Å². The summed E-state index contributed by atoms with van der Waals surface area (Å²) < 4.78 is 10.6. The molecule has 1 saturated heterocycles. The number of nitrogens with two attached hydrogens (primary N) is 1. The number of halogens is 1. The van der Waals surface area contributed by atoms with E-state index < -0.39 is 0 Å². The standard InChI is InChI=1S/C19H29N3O4.ClH/c1-4-5-6-14(11-20)21-19(24)13-9-18(23)22(12-13)16-8-7-15(25-2)10-17(16)26-3;/h7-8,10,13-14H,4-6,9,11-12,20H2,1-3H3,(H,21,24);1H. The highest BCUT2D eigenvalue weighted by molar-refractivity contribution is 6.01. The third-order valence-corrected chi connectivity index (χ3v) is 4.71. The molecule has 0 spiro atoms. The van der Waals surface area contributed by atoms with Gasteiger partial charge in [-0.25, -0.2) is 0 Å². The fourth-order valence-electron chi connectivity index (χ4n) is 3.14. The number of hydrogen-bond donors (Lipinski definition) is 2. The normalized spacial score (nSPS) is 17.3. The third kappa shape index (κ3) is 5.74. The van der Waals surface area contributed by atoms with Crippen LogP contribution in [-0.4, -0.2) is 45.2 Å². The van der Waals surface area contributed by atoms with E-state index in [1.54, 1.807) is 37.3 Å². The summed E-state index contributed by atoms with van der Waals surface area (Å²) in [5, 5.41) is 2.99. The number of methoxy groups -OCH3 is 2. The van der Waals surface area contributed by atoms with Gasteiger partial charge in [0.05, 0.1) is 25.8 Å². The number of carbonyl (C=O) groups is 2. The molecule has 0 aliphatic carbocycles. The summed E-state index contributed by atoms with van der Waals surface area (Å²) in [7, 11) is 3.12. The molecule has 2 unspecified atom stereocenters. The van der Waals surface area contributed by atoms with Gasteiger partial charge in [0.25, 0.3) is 0 Å². The van der Waals surface area contributed by atoms with Crippen LogP contribution in [0, 0.1) is 5.92 Å². The second kappa shape index (κ2) is 11.0. The molecule has 3 N–H and O–H groups in total. The predicted molar refractivity (Wildman–Crippen MR) is 108 cm³/mol. The molecule has 1 heterocycles. The Morgan fingerprint density at radius 3 is 2.70 bits per heavy atom. The molecular weight excluding hydrogens is 370 g/mol. The smallest absolute Gasteiger partial charge is 0.227 e. The maximum absolute atomic E-state index is 12.6. The Morgan fingerprint density at radius 2 is 2.11 bits per heavy atom. The quantitative estimate of drug-likeness (QED) is 0.663. The average Bonchev–Trinajstić information content (AvgIpc) is 3.05. The zero-order valence-corrected chi connectivity index (χ0v) is 17.0. The van der Waals surface area contributed by atoms with Gasteiger partial charge < -0.3 is 25.4 Å². The topological polar surface area (TPSA) is 93.9 Å². The summed E-state index contributed by atoms with van der Waals surface area (Å²) in [5.41, 5.74) is 6.40. The van der Waals surface area contributed by atoms with Gasteiger partial charge in [-0.05, 0) is 18.6 Å². The molecule has 1 aliphatic heterocycles. The molecular formula is C19H30ClN3O4. The number of ether oxygens (including phenoxy) is 2. The maximum Gasteiger partial charge on any atom is 0.227 e. The summed E-state index contributed by atoms with van der Waals surface area (Å²) in [6, 6.07) is 5.24. The van der Waals surface area contributed by atoms with Crippen molar-refractivity contribution in [2.75, 3.05) is 32.2 Å². The fraction of sp³-hybridized carbons (Fsp3) is 0.579. The summed E-state index contributed by atoms with van der Waals surface area (Å²) in [6.45, 7) is 2.84. The van der Waals surface area contributed by atoms with Crippen molar-refractivity contribution in [3.05, 3.63) is 18.2 Å². The first kappa shape index (κ1) is 23.0. The Morgan fingerprint density at radius 1 is 1.37 bits per heavy atom. The van der Waals surface area contributed by atoms with E-state index in [4.69, 9.17) is 15.2 Å². The van der Waals surface area contributed by atoms with Crippen molar-refractivity contribution in [3.8, 4) is 11.5 Å². The number of benzene rings is 1. The number of amides is 2. The Hall–Kier alpha value is -1.99. The molecule has 0 saturated carbocycles. The van der Waals surface area contributed by atoms with Crippen molar-refractivity contribution in [3.63, 3.8) is 0 Å². The lowest BCUT2D eigenvalue weighted by Gasteiger charge is -2.21. The van der Waals surface area contributed by atoms with Gasteiger partial charge in [-0.2, -0.15) is 0 Å². The van der Waals surface area contributed by atoms with Crippen molar-refractivity contribution in [2.24, 2.45) is 11.7 Å². The van der Waals surface area contributed by atoms with Crippen LogP contribution in [0.5, 0.6) is 11.5 Å². The van der Waals surface area contributed by atoms with Crippen molar-refractivity contribution in [2.45, 2.75) is 38.6 Å². The Balaban J connectivity index is 0.00000364. The molecule has 2 atom stereocenters. The fourth-order valence-corrected chi connectivity index (χ4v) is 3.14. The molecule has 1 aliphatic rings. The Bertz CT molecular complexity index is 641. The summed E-state index contributed by atoms with van der Waals surface area (Å²) >= 11 is 0. The first-order valence-electron chi connectivity index (χ1n) is 9.06. The molecule has 7 nitrogen and oxygen atoms in total. The lowest BCUT2D eigenvalue weighted by atomic mass is 10.1. The number of rotatable bonds is 9. The van der Waals surface area contributed by atoms with Crippen molar-refractivity contribution in [1.82, 2.24) is 5.32 Å². The van der Waals surface area contributed by atoms with E-state index in [-0.39, 0.29) is 42.6 Å². The van der Waals surface area contributed by atoms with E-state index in [1.165, 1.54) is 0 Å². The average molecular weight is 400 g/mol. The van der Waals surface area contributed by atoms with Gasteiger partial charge in [0.2, 0.25) is 11.8 Å². The molecule has 1 aromatic rings.